The maximum Gasteiger partial charge on any atom is 0.275 e. The Morgan fingerprint density at radius 1 is 0.897 bits per heavy atom. The van der Waals surface area contributed by atoms with Crippen LogP contribution in [0.15, 0.2) is 89.8 Å². The van der Waals surface area contributed by atoms with Gasteiger partial charge in [-0.1, -0.05) is 36.1 Å². The number of aromatic nitrogens is 2. The number of imide groups is 1. The molecular formula is C49H54N10O9. The summed E-state index contributed by atoms with van der Waals surface area (Å²) in [5.74, 6) is 6.31. The van der Waals surface area contributed by atoms with Gasteiger partial charge in [0.25, 0.3) is 17.7 Å². The van der Waals surface area contributed by atoms with Crippen LogP contribution in [0.2, 0.25) is 0 Å². The van der Waals surface area contributed by atoms with E-state index in [0.717, 1.165) is 23.3 Å². The molecule has 0 radical (unpaired) electrons. The lowest BCUT2D eigenvalue weighted by Gasteiger charge is -2.38. The van der Waals surface area contributed by atoms with Crippen molar-refractivity contribution in [2.45, 2.75) is 50.7 Å². The molecule has 1 unspecified atom stereocenters. The van der Waals surface area contributed by atoms with Crippen molar-refractivity contribution in [1.29, 1.82) is 5.53 Å². The standard InChI is InChI=1S/C49H54N10O9/c50-45(61)43-44(34-11-13-36(14-12-34)68-35-8-2-1-3-9-35)56-59-40(17-20-53-46(43)59)33-18-22-57(23-19-33)49(64)39(55-51)30-52-21-25-66-27-29-67-28-26-65-24-5-7-32-6-4-10-37-38(32)31-58(48(37)63)41-15-16-42(60)54-47(41)62/h1-4,6,8-14,30,33,40-41,51-53H,15-29,31H2,(H2,50,61)(H,54,60,62)/b39-30-,55-51?/t40-,41?/m0/s1. The van der Waals surface area contributed by atoms with E-state index in [4.69, 9.17) is 35.3 Å². The third-order valence-corrected chi connectivity index (χ3v) is 12.4. The number of anilines is 1. The Bertz CT molecular complexity index is 2600. The quantitative estimate of drug-likeness (QED) is 0.0290. The average molecular weight is 927 g/mol. The number of fused-ring (bicyclic) bond motifs is 2. The van der Waals surface area contributed by atoms with E-state index < -0.39 is 17.9 Å². The summed E-state index contributed by atoms with van der Waals surface area (Å²) in [6.07, 6.45) is 4.16. The maximum atomic E-state index is 13.4. The predicted molar refractivity (Wildman–Crippen MR) is 247 cm³/mol. The Kier molecular flexibility index (Phi) is 15.5. The van der Waals surface area contributed by atoms with Gasteiger partial charge >= 0.3 is 0 Å². The van der Waals surface area contributed by atoms with Crippen molar-refractivity contribution >= 4 is 35.4 Å². The molecule has 0 saturated carbocycles. The number of nitrogens with zero attached hydrogens (tertiary/aromatic N) is 5. The van der Waals surface area contributed by atoms with Crippen LogP contribution in [0.1, 0.15) is 70.0 Å². The minimum atomic E-state index is -0.684. The van der Waals surface area contributed by atoms with Crippen molar-refractivity contribution in [3.63, 3.8) is 0 Å². The van der Waals surface area contributed by atoms with Crippen LogP contribution in [0.25, 0.3) is 11.3 Å². The van der Waals surface area contributed by atoms with Gasteiger partial charge in [0.2, 0.25) is 11.8 Å². The van der Waals surface area contributed by atoms with Gasteiger partial charge in [0, 0.05) is 62.0 Å². The molecule has 5 amide bonds. The SMILES string of the molecule is N=N/C(=C\NCCOCCOCCOCC#Cc1cccc2c1CN(C1CCC(=O)NC1=O)C2=O)C(=O)N1CCC([C@@H]2CCNc3c(C(N)=O)c(-c4ccc(Oc5ccccc5)cc4)nn32)CC1. The van der Waals surface area contributed by atoms with E-state index in [-0.39, 0.29) is 55.0 Å². The van der Waals surface area contributed by atoms with Gasteiger partial charge < -0.3 is 45.1 Å². The highest BCUT2D eigenvalue weighted by molar-refractivity contribution is 6.06. The largest absolute Gasteiger partial charge is 0.457 e. The molecule has 2 saturated heterocycles. The molecule has 68 heavy (non-hydrogen) atoms. The molecule has 6 N–H and O–H groups in total. The maximum absolute atomic E-state index is 13.4. The molecule has 0 aliphatic carbocycles. The molecular weight excluding hydrogens is 873 g/mol. The van der Waals surface area contributed by atoms with Crippen LogP contribution in [0.5, 0.6) is 11.5 Å². The van der Waals surface area contributed by atoms with E-state index >= 15 is 0 Å². The number of para-hydroxylation sites is 1. The molecule has 19 nitrogen and oxygen atoms in total. The number of rotatable bonds is 19. The number of primary amides is 1. The van der Waals surface area contributed by atoms with E-state index in [0.29, 0.717) is 112 Å². The highest BCUT2D eigenvalue weighted by Gasteiger charge is 2.40. The molecule has 0 bridgehead atoms. The number of carbonyl (C=O) groups is 5. The molecule has 19 heteroatoms. The minimum Gasteiger partial charge on any atom is -0.457 e. The van der Waals surface area contributed by atoms with E-state index in [1.165, 1.54) is 11.1 Å². The van der Waals surface area contributed by atoms with Gasteiger partial charge in [0.15, 0.2) is 5.70 Å². The molecule has 8 rings (SSSR count). The van der Waals surface area contributed by atoms with Gasteiger partial charge in [-0.25, -0.2) is 10.2 Å². The van der Waals surface area contributed by atoms with Crippen LogP contribution in [-0.2, 0) is 35.1 Å². The van der Waals surface area contributed by atoms with Gasteiger partial charge in [-0.2, -0.15) is 10.2 Å². The summed E-state index contributed by atoms with van der Waals surface area (Å²) < 4.78 is 24.6. The zero-order valence-electron chi connectivity index (χ0n) is 37.5. The fourth-order valence-corrected chi connectivity index (χ4v) is 8.97. The van der Waals surface area contributed by atoms with Gasteiger partial charge in [-0.05, 0) is 85.7 Å². The highest BCUT2D eigenvalue weighted by Crippen LogP contribution is 2.40. The molecule has 5 heterocycles. The van der Waals surface area contributed by atoms with Crippen molar-refractivity contribution in [2.75, 3.05) is 71.1 Å². The molecule has 1 aromatic heterocycles. The molecule has 2 fully saturated rings. The normalized spacial score (nSPS) is 18.2. The van der Waals surface area contributed by atoms with Crippen LogP contribution in [0.3, 0.4) is 0 Å². The van der Waals surface area contributed by atoms with Crippen LogP contribution in [-0.4, -0.2) is 121 Å². The van der Waals surface area contributed by atoms with E-state index in [1.54, 1.807) is 17.0 Å². The number of nitrogens with two attached hydrogens (primary N) is 1. The third kappa shape index (κ3) is 11.1. The fraction of sp³-hybridized carbons (Fsp3) is 0.388. The van der Waals surface area contributed by atoms with Crippen LogP contribution < -0.4 is 26.4 Å². The van der Waals surface area contributed by atoms with Crippen molar-refractivity contribution in [3.8, 4) is 34.6 Å². The van der Waals surface area contributed by atoms with Crippen molar-refractivity contribution < 1.29 is 42.9 Å². The number of amides is 5. The molecule has 4 aromatic rings. The highest BCUT2D eigenvalue weighted by atomic mass is 16.5. The lowest BCUT2D eigenvalue weighted by atomic mass is 9.86. The number of benzene rings is 3. The first kappa shape index (κ1) is 47.1. The van der Waals surface area contributed by atoms with Gasteiger partial charge in [0.05, 0.1) is 39.1 Å². The first-order valence-electron chi connectivity index (χ1n) is 22.8. The van der Waals surface area contributed by atoms with Crippen molar-refractivity contribution in [3.05, 3.63) is 107 Å². The summed E-state index contributed by atoms with van der Waals surface area (Å²) in [7, 11) is 0. The second kappa shape index (κ2) is 22.4. The van der Waals surface area contributed by atoms with Crippen LogP contribution >= 0.6 is 0 Å². The number of nitrogens with one attached hydrogen (secondary N) is 4. The second-order valence-corrected chi connectivity index (χ2v) is 16.6. The summed E-state index contributed by atoms with van der Waals surface area (Å²) in [5.41, 5.74) is 17.2. The monoisotopic (exact) mass is 926 g/mol. The summed E-state index contributed by atoms with van der Waals surface area (Å²) in [5, 5.41) is 17.1. The lowest BCUT2D eigenvalue weighted by molar-refractivity contribution is -0.137. The minimum absolute atomic E-state index is 0.0000648. The summed E-state index contributed by atoms with van der Waals surface area (Å²) in [6.45, 7) is 4.16. The number of hydrogen-bond acceptors (Lipinski definition) is 14. The zero-order chi connectivity index (χ0) is 47.4. The second-order valence-electron chi connectivity index (χ2n) is 16.6. The number of ether oxygens (including phenoxy) is 4. The van der Waals surface area contributed by atoms with E-state index in [9.17, 15) is 24.0 Å². The molecule has 3 aromatic carbocycles. The molecule has 0 spiro atoms. The topological polar surface area (TPSA) is 245 Å². The number of hydrogen-bond donors (Lipinski definition) is 5. The number of likely N-dealkylation sites (tertiary alicyclic amines) is 1. The Hall–Kier alpha value is -7.40. The Morgan fingerprint density at radius 2 is 1.63 bits per heavy atom. The first-order valence-corrected chi connectivity index (χ1v) is 22.8. The first-order chi connectivity index (χ1) is 33.2. The Balaban J connectivity index is 0.712. The predicted octanol–water partition coefficient (Wildman–Crippen LogP) is 4.36. The number of carbonyl (C=O) groups excluding carboxylic acids is 5. The molecule has 4 aliphatic heterocycles. The Labute approximate surface area is 393 Å². The lowest BCUT2D eigenvalue weighted by Crippen LogP contribution is -2.52. The molecule has 2 atom stereocenters. The van der Waals surface area contributed by atoms with Crippen LogP contribution in [0.4, 0.5) is 5.82 Å². The van der Waals surface area contributed by atoms with E-state index in [2.05, 4.69) is 32.9 Å². The smallest absolute Gasteiger partial charge is 0.275 e. The van der Waals surface area contributed by atoms with Crippen molar-refractivity contribution in [2.24, 2.45) is 16.8 Å². The third-order valence-electron chi connectivity index (χ3n) is 12.4. The van der Waals surface area contributed by atoms with Crippen LogP contribution in [0, 0.1) is 23.3 Å². The summed E-state index contributed by atoms with van der Waals surface area (Å²) >= 11 is 0. The number of piperidine rings is 2. The van der Waals surface area contributed by atoms with E-state index in [1.807, 2.05) is 65.3 Å². The van der Waals surface area contributed by atoms with Crippen molar-refractivity contribution in [1.82, 2.24) is 30.2 Å². The summed E-state index contributed by atoms with van der Waals surface area (Å²) in [6, 6.07) is 21.5. The Morgan fingerprint density at radius 3 is 2.37 bits per heavy atom. The fourth-order valence-electron chi connectivity index (χ4n) is 8.97. The van der Waals surface area contributed by atoms with Gasteiger partial charge in [-0.15, -0.1) is 0 Å². The molecule has 354 valence electrons. The van der Waals surface area contributed by atoms with Gasteiger partial charge in [0.1, 0.15) is 41.2 Å². The average Bonchev–Trinajstić information content (AvgIpc) is 3.92. The zero-order valence-corrected chi connectivity index (χ0v) is 37.5. The molecule has 4 aliphatic rings. The van der Waals surface area contributed by atoms with Gasteiger partial charge in [-0.3, -0.25) is 29.3 Å². The summed E-state index contributed by atoms with van der Waals surface area (Å²) in [4.78, 5) is 66.4.